The van der Waals surface area contributed by atoms with Crippen LogP contribution in [0, 0.1) is 5.92 Å². The molecule has 18 heavy (non-hydrogen) atoms. The van der Waals surface area contributed by atoms with Crippen LogP contribution < -0.4 is 0 Å². The number of allylic oxidation sites excluding steroid dienone is 1. The summed E-state index contributed by atoms with van der Waals surface area (Å²) in [6.45, 7) is 10.5. The first-order valence-electron chi connectivity index (χ1n) is 6.81. The Morgan fingerprint density at radius 1 is 1.56 bits per heavy atom. The average molecular weight is 271 g/mol. The lowest BCUT2D eigenvalue weighted by molar-refractivity contribution is -0.0984. The van der Waals surface area contributed by atoms with Gasteiger partial charge in [-0.3, -0.25) is 4.90 Å². The third-order valence-electron chi connectivity index (χ3n) is 4.44. The van der Waals surface area contributed by atoms with Crippen molar-refractivity contribution < 1.29 is 9.84 Å². The van der Waals surface area contributed by atoms with Crippen LogP contribution in [0.2, 0.25) is 0 Å². The van der Waals surface area contributed by atoms with Crippen LogP contribution in [-0.2, 0) is 4.74 Å². The van der Waals surface area contributed by atoms with Crippen molar-refractivity contribution in [2.45, 2.75) is 50.2 Å². The Morgan fingerprint density at radius 3 is 2.89 bits per heavy atom. The summed E-state index contributed by atoms with van der Waals surface area (Å²) < 4.78 is 5.46. The molecule has 2 aliphatic rings. The van der Waals surface area contributed by atoms with Crippen LogP contribution in [0.25, 0.3) is 0 Å². The van der Waals surface area contributed by atoms with E-state index in [-0.39, 0.29) is 11.5 Å². The van der Waals surface area contributed by atoms with Crippen molar-refractivity contribution in [3.63, 3.8) is 0 Å². The second-order valence-electron chi connectivity index (χ2n) is 6.01. The van der Waals surface area contributed by atoms with Gasteiger partial charge in [0.15, 0.2) is 0 Å². The van der Waals surface area contributed by atoms with Gasteiger partial charge in [0.25, 0.3) is 0 Å². The summed E-state index contributed by atoms with van der Waals surface area (Å²) in [4.78, 5) is 2.34. The lowest BCUT2D eigenvalue weighted by Gasteiger charge is -2.48. The molecule has 4 atom stereocenters. The lowest BCUT2D eigenvalue weighted by Crippen LogP contribution is -2.58. The highest BCUT2D eigenvalue weighted by Gasteiger charge is 2.42. The number of nitrogens with zero attached hydrogens (tertiary/aromatic N) is 1. The average Bonchev–Trinajstić information content (AvgIpc) is 2.28. The van der Waals surface area contributed by atoms with Crippen molar-refractivity contribution in [2.24, 2.45) is 5.92 Å². The number of rotatable bonds is 2. The van der Waals surface area contributed by atoms with Crippen LogP contribution >= 0.6 is 12.6 Å². The smallest absolute Gasteiger partial charge is 0.113 e. The quantitative estimate of drug-likeness (QED) is 0.596. The zero-order valence-electron chi connectivity index (χ0n) is 11.4. The molecule has 0 amide bonds. The molecule has 1 saturated heterocycles. The van der Waals surface area contributed by atoms with Gasteiger partial charge in [0.05, 0.1) is 12.2 Å². The number of ether oxygens (including phenoxy) is 1. The summed E-state index contributed by atoms with van der Waals surface area (Å²) in [5.41, 5.74) is 0.613. The molecule has 0 spiro atoms. The molecule has 104 valence electrons. The Hall–Kier alpha value is -0.0300. The topological polar surface area (TPSA) is 32.7 Å². The Labute approximate surface area is 116 Å². The fourth-order valence-corrected chi connectivity index (χ4v) is 3.51. The maximum atomic E-state index is 10.6. The summed E-state index contributed by atoms with van der Waals surface area (Å²) in [6, 6.07) is 0.200. The van der Waals surface area contributed by atoms with E-state index in [9.17, 15) is 5.11 Å². The second-order valence-corrected chi connectivity index (χ2v) is 6.59. The first-order valence-corrected chi connectivity index (χ1v) is 7.33. The first-order chi connectivity index (χ1) is 8.40. The van der Waals surface area contributed by atoms with Gasteiger partial charge in [-0.05, 0) is 39.0 Å². The van der Waals surface area contributed by atoms with Crippen LogP contribution in [0.3, 0.4) is 0 Å². The fraction of sp³-hybridized carbons (Fsp3) is 0.857. The highest BCUT2D eigenvalue weighted by molar-refractivity contribution is 7.80. The van der Waals surface area contributed by atoms with Crippen LogP contribution in [0.1, 0.15) is 33.1 Å². The Bertz CT molecular complexity index is 319. The SMILES string of the molecule is C=C(C)[C@@H]1CC[C@](C)(O)[C@@H](N2CCOC(S)C2)C1. The minimum atomic E-state index is -0.600. The Morgan fingerprint density at radius 2 is 2.28 bits per heavy atom. The number of morpholine rings is 1. The molecule has 1 N–H and O–H groups in total. The number of thiol groups is 1. The molecular formula is C14H25NO2S. The third-order valence-corrected chi connectivity index (χ3v) is 4.75. The van der Waals surface area contributed by atoms with Crippen molar-refractivity contribution in [1.82, 2.24) is 4.90 Å². The molecule has 0 bridgehead atoms. The van der Waals surface area contributed by atoms with Crippen LogP contribution in [-0.4, -0.2) is 46.8 Å². The molecule has 0 aromatic heterocycles. The minimum absolute atomic E-state index is 0.0280. The van der Waals surface area contributed by atoms with Crippen molar-refractivity contribution >= 4 is 12.6 Å². The maximum Gasteiger partial charge on any atom is 0.113 e. The van der Waals surface area contributed by atoms with E-state index in [4.69, 9.17) is 4.74 Å². The number of hydrogen-bond acceptors (Lipinski definition) is 4. The van der Waals surface area contributed by atoms with Gasteiger partial charge in [-0.25, -0.2) is 0 Å². The van der Waals surface area contributed by atoms with Crippen LogP contribution in [0.5, 0.6) is 0 Å². The number of aliphatic hydroxyl groups is 1. The predicted molar refractivity (Wildman–Crippen MR) is 76.9 cm³/mol. The zero-order chi connectivity index (χ0) is 13.3. The maximum absolute atomic E-state index is 10.6. The molecule has 1 aliphatic carbocycles. The van der Waals surface area contributed by atoms with E-state index in [0.717, 1.165) is 32.4 Å². The molecule has 1 unspecified atom stereocenters. The van der Waals surface area contributed by atoms with Gasteiger partial charge < -0.3 is 9.84 Å². The van der Waals surface area contributed by atoms with Gasteiger partial charge in [0.1, 0.15) is 5.44 Å². The monoisotopic (exact) mass is 271 g/mol. The molecule has 3 nitrogen and oxygen atoms in total. The zero-order valence-corrected chi connectivity index (χ0v) is 12.3. The second kappa shape index (κ2) is 5.53. The number of hydrogen-bond donors (Lipinski definition) is 2. The highest BCUT2D eigenvalue weighted by atomic mass is 32.1. The lowest BCUT2D eigenvalue weighted by atomic mass is 9.73. The molecule has 4 heteroatoms. The van der Waals surface area contributed by atoms with E-state index in [2.05, 4.69) is 31.0 Å². The first kappa shape index (κ1) is 14.4. The molecule has 1 aliphatic heterocycles. The standard InChI is InChI=1S/C14H25NO2S/c1-10(2)11-4-5-14(3,16)12(8-11)15-6-7-17-13(18)9-15/h11-13,16,18H,1,4-9H2,2-3H3/t11-,12+,13?,14+/m1/s1. The van der Waals surface area contributed by atoms with E-state index in [0.29, 0.717) is 12.5 Å². The van der Waals surface area contributed by atoms with E-state index in [1.165, 1.54) is 5.57 Å². The Kier molecular flexibility index (Phi) is 4.42. The Balaban J connectivity index is 2.08. The third kappa shape index (κ3) is 3.10. The van der Waals surface area contributed by atoms with E-state index < -0.39 is 5.60 Å². The van der Waals surface area contributed by atoms with Crippen molar-refractivity contribution in [3.8, 4) is 0 Å². The predicted octanol–water partition coefficient (Wildman–Crippen LogP) is 2.07. The molecule has 1 heterocycles. The normalized spacial score (nSPS) is 42.8. The largest absolute Gasteiger partial charge is 0.389 e. The van der Waals surface area contributed by atoms with Gasteiger partial charge in [-0.15, -0.1) is 12.6 Å². The molecule has 0 aromatic rings. The highest BCUT2D eigenvalue weighted by Crippen LogP contribution is 2.38. The molecule has 1 saturated carbocycles. The summed E-state index contributed by atoms with van der Waals surface area (Å²) in [5.74, 6) is 0.538. The van der Waals surface area contributed by atoms with Gasteiger partial charge in [0, 0.05) is 19.1 Å². The summed E-state index contributed by atoms with van der Waals surface area (Å²) in [7, 11) is 0. The van der Waals surface area contributed by atoms with Crippen LogP contribution in [0.15, 0.2) is 12.2 Å². The van der Waals surface area contributed by atoms with Gasteiger partial charge in [-0.2, -0.15) is 0 Å². The van der Waals surface area contributed by atoms with Crippen molar-refractivity contribution in [3.05, 3.63) is 12.2 Å². The van der Waals surface area contributed by atoms with Crippen LogP contribution in [0.4, 0.5) is 0 Å². The van der Waals surface area contributed by atoms with Crippen molar-refractivity contribution in [1.29, 1.82) is 0 Å². The molecule has 0 aromatic carbocycles. The molecule has 2 fully saturated rings. The van der Waals surface area contributed by atoms with Gasteiger partial charge in [0.2, 0.25) is 0 Å². The van der Waals surface area contributed by atoms with Crippen molar-refractivity contribution in [2.75, 3.05) is 19.7 Å². The minimum Gasteiger partial charge on any atom is -0.389 e. The fourth-order valence-electron chi connectivity index (χ4n) is 3.20. The van der Waals surface area contributed by atoms with Gasteiger partial charge in [-0.1, -0.05) is 12.2 Å². The summed E-state index contributed by atoms with van der Waals surface area (Å²) >= 11 is 4.40. The molecule has 0 radical (unpaired) electrons. The van der Waals surface area contributed by atoms with E-state index in [1.54, 1.807) is 0 Å². The molecular weight excluding hydrogens is 246 g/mol. The van der Waals surface area contributed by atoms with Gasteiger partial charge >= 0.3 is 0 Å². The summed E-state index contributed by atoms with van der Waals surface area (Å²) in [5, 5.41) is 10.6. The van der Waals surface area contributed by atoms with E-state index >= 15 is 0 Å². The van der Waals surface area contributed by atoms with E-state index in [1.807, 2.05) is 6.92 Å². The summed E-state index contributed by atoms with van der Waals surface area (Å²) in [6.07, 6.45) is 2.90. The molecule has 2 rings (SSSR count).